The van der Waals surface area contributed by atoms with Crippen molar-refractivity contribution in [1.82, 2.24) is 0 Å². The monoisotopic (exact) mass is 293 g/mol. The summed E-state index contributed by atoms with van der Waals surface area (Å²) in [6.07, 6.45) is 3.78. The lowest BCUT2D eigenvalue weighted by Crippen LogP contribution is -2.13. The summed E-state index contributed by atoms with van der Waals surface area (Å²) in [4.78, 5) is 0. The number of allylic oxidation sites excluding steroid dienone is 1. The minimum atomic E-state index is 0.485. The van der Waals surface area contributed by atoms with Crippen molar-refractivity contribution in [2.45, 2.75) is 20.8 Å². The quantitative estimate of drug-likeness (QED) is 0.494. The zero-order chi connectivity index (χ0) is 15.8. The largest absolute Gasteiger partial charge is 0.247 e. The Kier molecular flexibility index (Phi) is 5.90. The zero-order valence-electron chi connectivity index (χ0n) is 13.5. The highest BCUT2D eigenvalue weighted by atomic mass is 15.5. The van der Waals surface area contributed by atoms with Crippen molar-refractivity contribution in [3.63, 3.8) is 0 Å². The van der Waals surface area contributed by atoms with Crippen LogP contribution < -0.4 is 5.01 Å². The van der Waals surface area contributed by atoms with E-state index in [1.54, 1.807) is 6.20 Å². The molecule has 114 valence electrons. The first-order valence-corrected chi connectivity index (χ1v) is 7.71. The van der Waals surface area contributed by atoms with Crippen molar-refractivity contribution in [3.05, 3.63) is 66.9 Å². The van der Waals surface area contributed by atoms with Crippen molar-refractivity contribution < 1.29 is 0 Å². The van der Waals surface area contributed by atoms with Gasteiger partial charge in [-0.05, 0) is 36.1 Å². The first kappa shape index (κ1) is 16.0. The second-order valence-electron chi connectivity index (χ2n) is 5.42. The van der Waals surface area contributed by atoms with E-state index >= 15 is 0 Å². The molecular formula is C19H23N3. The van der Waals surface area contributed by atoms with Crippen LogP contribution >= 0.6 is 0 Å². The fourth-order valence-corrected chi connectivity index (χ4v) is 2.06. The second-order valence-corrected chi connectivity index (χ2v) is 5.42. The van der Waals surface area contributed by atoms with Gasteiger partial charge >= 0.3 is 0 Å². The third-order valence-electron chi connectivity index (χ3n) is 3.27. The molecule has 2 rings (SSSR count). The lowest BCUT2D eigenvalue weighted by Gasteiger charge is -2.15. The Hall–Kier alpha value is -2.42. The second kappa shape index (κ2) is 8.13. The molecule has 0 bridgehead atoms. The normalized spacial score (nSPS) is 11.6. The summed E-state index contributed by atoms with van der Waals surface area (Å²) < 4.78 is 0. The molecule has 0 spiro atoms. The first-order valence-electron chi connectivity index (χ1n) is 7.71. The summed E-state index contributed by atoms with van der Waals surface area (Å²) >= 11 is 0. The maximum absolute atomic E-state index is 4.26. The molecule has 0 N–H and O–H groups in total. The van der Waals surface area contributed by atoms with Gasteiger partial charge in [-0.3, -0.25) is 0 Å². The average Bonchev–Trinajstić information content (AvgIpc) is 2.56. The van der Waals surface area contributed by atoms with Crippen LogP contribution in [0.2, 0.25) is 0 Å². The van der Waals surface area contributed by atoms with Gasteiger partial charge in [0.15, 0.2) is 0 Å². The van der Waals surface area contributed by atoms with E-state index in [-0.39, 0.29) is 0 Å². The molecule has 0 aliphatic heterocycles. The third-order valence-corrected chi connectivity index (χ3v) is 3.27. The maximum Gasteiger partial charge on any atom is 0.0611 e. The van der Waals surface area contributed by atoms with E-state index in [1.165, 1.54) is 11.1 Å². The molecule has 2 aromatic rings. The Balaban J connectivity index is 2.11. The number of hydrogen-bond acceptors (Lipinski definition) is 2. The SMILES string of the molecule is CCN(/N=N\C=C\C(C)C)c1ccc(-c2ccccc2)cc1. The highest BCUT2D eigenvalue weighted by Crippen LogP contribution is 2.23. The van der Waals surface area contributed by atoms with Crippen molar-refractivity contribution in [3.8, 4) is 11.1 Å². The van der Waals surface area contributed by atoms with Crippen LogP contribution in [0.25, 0.3) is 11.1 Å². The molecule has 0 fully saturated rings. The van der Waals surface area contributed by atoms with Gasteiger partial charge in [0.25, 0.3) is 0 Å². The first-order chi connectivity index (χ1) is 10.7. The van der Waals surface area contributed by atoms with Crippen molar-refractivity contribution >= 4 is 5.69 Å². The molecular weight excluding hydrogens is 270 g/mol. The van der Waals surface area contributed by atoms with Crippen LogP contribution in [0.5, 0.6) is 0 Å². The molecule has 0 aliphatic rings. The van der Waals surface area contributed by atoms with Gasteiger partial charge in [-0.2, -0.15) is 0 Å². The van der Waals surface area contributed by atoms with Crippen LogP contribution in [0.1, 0.15) is 20.8 Å². The molecule has 2 aromatic carbocycles. The molecule has 0 aromatic heterocycles. The van der Waals surface area contributed by atoms with E-state index in [4.69, 9.17) is 0 Å². The Bertz CT molecular complexity index is 613. The number of nitrogens with zero attached hydrogens (tertiary/aromatic N) is 3. The van der Waals surface area contributed by atoms with Gasteiger partial charge in [0.05, 0.1) is 5.69 Å². The predicted molar refractivity (Wildman–Crippen MR) is 93.7 cm³/mol. The number of hydrogen-bond donors (Lipinski definition) is 0. The minimum Gasteiger partial charge on any atom is -0.247 e. The van der Waals surface area contributed by atoms with Gasteiger partial charge in [-0.1, -0.05) is 67.6 Å². The third kappa shape index (κ3) is 4.55. The molecule has 0 aliphatic carbocycles. The minimum absolute atomic E-state index is 0.485. The van der Waals surface area contributed by atoms with E-state index < -0.39 is 0 Å². The molecule has 3 nitrogen and oxygen atoms in total. The molecule has 0 saturated carbocycles. The van der Waals surface area contributed by atoms with Gasteiger partial charge in [0.1, 0.15) is 0 Å². The Labute approximate surface area is 133 Å². The number of benzene rings is 2. The highest BCUT2D eigenvalue weighted by Gasteiger charge is 2.03. The molecule has 0 unspecified atom stereocenters. The van der Waals surface area contributed by atoms with Crippen molar-refractivity contribution in [2.24, 2.45) is 16.3 Å². The van der Waals surface area contributed by atoms with Crippen LogP contribution in [0.4, 0.5) is 5.69 Å². The zero-order valence-corrected chi connectivity index (χ0v) is 13.5. The number of rotatable bonds is 6. The standard InChI is InChI=1S/C19H23N3/c1-4-22(21-20-15-14-16(2)3)19-12-10-18(11-13-19)17-8-6-5-7-9-17/h5-16H,4H2,1-3H3/b15-14+,21-20-. The topological polar surface area (TPSA) is 28.0 Å². The molecule has 0 heterocycles. The molecule has 0 atom stereocenters. The summed E-state index contributed by atoms with van der Waals surface area (Å²) in [6.45, 7) is 7.08. The van der Waals surface area contributed by atoms with E-state index in [0.717, 1.165) is 12.2 Å². The summed E-state index contributed by atoms with van der Waals surface area (Å²) in [5, 5.41) is 10.3. The predicted octanol–water partition coefficient (Wildman–Crippen LogP) is 5.72. The van der Waals surface area contributed by atoms with Crippen LogP contribution in [0.15, 0.2) is 77.2 Å². The smallest absolute Gasteiger partial charge is 0.0611 e. The Morgan fingerprint density at radius 2 is 1.59 bits per heavy atom. The van der Waals surface area contributed by atoms with Crippen LogP contribution in [-0.2, 0) is 0 Å². The van der Waals surface area contributed by atoms with E-state index in [2.05, 4.69) is 79.6 Å². The van der Waals surface area contributed by atoms with Gasteiger partial charge in [0.2, 0.25) is 0 Å². The van der Waals surface area contributed by atoms with Crippen LogP contribution in [-0.4, -0.2) is 6.54 Å². The van der Waals surface area contributed by atoms with Gasteiger partial charge < -0.3 is 0 Å². The molecule has 22 heavy (non-hydrogen) atoms. The van der Waals surface area contributed by atoms with Crippen LogP contribution in [0, 0.1) is 5.92 Å². The number of anilines is 1. The van der Waals surface area contributed by atoms with Crippen LogP contribution in [0.3, 0.4) is 0 Å². The summed E-state index contributed by atoms with van der Waals surface area (Å²) in [5.41, 5.74) is 3.47. The van der Waals surface area contributed by atoms with Crippen molar-refractivity contribution in [2.75, 3.05) is 11.6 Å². The van der Waals surface area contributed by atoms with Crippen molar-refractivity contribution in [1.29, 1.82) is 0 Å². The van der Waals surface area contributed by atoms with Gasteiger partial charge in [-0.15, -0.1) is 5.11 Å². The molecule has 0 radical (unpaired) electrons. The fraction of sp³-hybridized carbons (Fsp3) is 0.263. The van der Waals surface area contributed by atoms with E-state index in [0.29, 0.717) is 5.92 Å². The summed E-state index contributed by atoms with van der Waals surface area (Å²) in [6, 6.07) is 18.8. The average molecular weight is 293 g/mol. The lowest BCUT2D eigenvalue weighted by atomic mass is 10.1. The summed E-state index contributed by atoms with van der Waals surface area (Å²) in [5.74, 6) is 0.485. The Morgan fingerprint density at radius 1 is 0.955 bits per heavy atom. The maximum atomic E-state index is 4.26. The Morgan fingerprint density at radius 3 is 2.18 bits per heavy atom. The molecule has 3 heteroatoms. The fourth-order valence-electron chi connectivity index (χ4n) is 2.06. The van der Waals surface area contributed by atoms with Gasteiger partial charge in [-0.25, -0.2) is 5.01 Å². The van der Waals surface area contributed by atoms with Gasteiger partial charge in [0, 0.05) is 12.7 Å². The summed E-state index contributed by atoms with van der Waals surface area (Å²) in [7, 11) is 0. The molecule has 0 amide bonds. The van der Waals surface area contributed by atoms with E-state index in [9.17, 15) is 0 Å². The highest BCUT2D eigenvalue weighted by molar-refractivity contribution is 5.66. The van der Waals surface area contributed by atoms with E-state index in [1.807, 2.05) is 17.2 Å². The molecule has 0 saturated heterocycles. The lowest BCUT2D eigenvalue weighted by molar-refractivity contribution is 0.810.